The first kappa shape index (κ1) is 15.7. The molecule has 0 aliphatic heterocycles. The highest BCUT2D eigenvalue weighted by Gasteiger charge is 2.20. The van der Waals surface area contributed by atoms with Gasteiger partial charge in [-0.1, -0.05) is 12.1 Å². The number of hydrazine groups is 2. The number of pyridine rings is 1. The Hall–Kier alpha value is -2.71. The van der Waals surface area contributed by atoms with E-state index in [1.54, 1.807) is 24.4 Å². The van der Waals surface area contributed by atoms with E-state index in [9.17, 15) is 9.18 Å². The minimum atomic E-state index is -0.690. The fourth-order valence-electron chi connectivity index (χ4n) is 1.77. The fraction of sp³-hybridized carbons (Fsp3) is 0.143. The van der Waals surface area contributed by atoms with E-state index in [4.69, 9.17) is 16.4 Å². The smallest absolute Gasteiger partial charge is 0.352 e. The van der Waals surface area contributed by atoms with Crippen LogP contribution in [0.4, 0.5) is 14.9 Å². The Balaban J connectivity index is 2.25. The van der Waals surface area contributed by atoms with E-state index < -0.39 is 11.8 Å². The minimum absolute atomic E-state index is 0.130. The minimum Gasteiger partial charge on any atom is -0.473 e. The highest BCUT2D eigenvalue weighted by molar-refractivity contribution is 5.91. The lowest BCUT2D eigenvalue weighted by molar-refractivity contribution is 0.216. The molecule has 0 fully saturated rings. The second kappa shape index (κ2) is 6.83. The monoisotopic (exact) mass is 305 g/mol. The molecule has 0 saturated heterocycles. The van der Waals surface area contributed by atoms with E-state index in [2.05, 4.69) is 4.98 Å². The van der Waals surface area contributed by atoms with Crippen molar-refractivity contribution in [3.63, 3.8) is 0 Å². The maximum absolute atomic E-state index is 14.0. The van der Waals surface area contributed by atoms with Crippen molar-refractivity contribution in [2.45, 2.75) is 6.61 Å². The second-order valence-electron chi connectivity index (χ2n) is 4.46. The number of aromatic nitrogens is 1. The van der Waals surface area contributed by atoms with Gasteiger partial charge in [-0.15, -0.1) is 0 Å². The van der Waals surface area contributed by atoms with E-state index >= 15 is 0 Å². The van der Waals surface area contributed by atoms with E-state index in [0.717, 1.165) is 10.0 Å². The van der Waals surface area contributed by atoms with E-state index in [0.29, 0.717) is 5.88 Å². The summed E-state index contributed by atoms with van der Waals surface area (Å²) in [5.74, 6) is 10.8. The molecule has 22 heavy (non-hydrogen) atoms. The van der Waals surface area contributed by atoms with Crippen LogP contribution < -0.4 is 21.4 Å². The molecule has 0 atom stereocenters. The van der Waals surface area contributed by atoms with Crippen molar-refractivity contribution in [2.75, 3.05) is 12.1 Å². The molecule has 1 aromatic heterocycles. The largest absolute Gasteiger partial charge is 0.473 e. The van der Waals surface area contributed by atoms with Gasteiger partial charge >= 0.3 is 6.03 Å². The summed E-state index contributed by atoms with van der Waals surface area (Å²) < 4.78 is 19.5. The second-order valence-corrected chi connectivity index (χ2v) is 4.46. The number of urea groups is 1. The quantitative estimate of drug-likeness (QED) is 0.505. The van der Waals surface area contributed by atoms with E-state index in [1.807, 2.05) is 0 Å². The summed E-state index contributed by atoms with van der Waals surface area (Å²) >= 11 is 0. The highest BCUT2D eigenvalue weighted by atomic mass is 19.1. The predicted octanol–water partition coefficient (Wildman–Crippen LogP) is 1.41. The van der Waals surface area contributed by atoms with Crippen molar-refractivity contribution in [3.05, 3.63) is 54.0 Å². The zero-order chi connectivity index (χ0) is 16.1. The highest BCUT2D eigenvalue weighted by Crippen LogP contribution is 2.23. The van der Waals surface area contributed by atoms with Gasteiger partial charge in [-0.05, 0) is 18.2 Å². The summed E-state index contributed by atoms with van der Waals surface area (Å²) in [7, 11) is 1.34. The Morgan fingerprint density at radius 1 is 1.27 bits per heavy atom. The third-order valence-electron chi connectivity index (χ3n) is 2.86. The van der Waals surface area contributed by atoms with Crippen LogP contribution in [-0.4, -0.2) is 23.1 Å². The lowest BCUT2D eigenvalue weighted by Crippen LogP contribution is -2.49. The van der Waals surface area contributed by atoms with Crippen LogP contribution in [0.5, 0.6) is 5.88 Å². The molecule has 0 saturated carbocycles. The van der Waals surface area contributed by atoms with Crippen molar-refractivity contribution >= 4 is 11.7 Å². The summed E-state index contributed by atoms with van der Waals surface area (Å²) in [5.41, 5.74) is 0.295. The first-order valence-electron chi connectivity index (χ1n) is 6.39. The number of nitrogens with two attached hydrogens (primary N) is 2. The Morgan fingerprint density at radius 2 is 2.05 bits per heavy atom. The molecule has 0 spiro atoms. The average molecular weight is 305 g/mol. The van der Waals surface area contributed by atoms with Crippen LogP contribution in [0.2, 0.25) is 0 Å². The molecule has 8 heteroatoms. The van der Waals surface area contributed by atoms with Crippen molar-refractivity contribution in [1.29, 1.82) is 0 Å². The maximum Gasteiger partial charge on any atom is 0.352 e. The average Bonchev–Trinajstić information content (AvgIpc) is 2.53. The van der Waals surface area contributed by atoms with Gasteiger partial charge in [0.15, 0.2) is 0 Å². The van der Waals surface area contributed by atoms with Gasteiger partial charge in [0.1, 0.15) is 12.4 Å². The standard InChI is InChI=1S/C14H16FN5O2/c1-19(16)14(21)20(17)12-6-4-5-11(15)10(12)9-22-13-7-2-3-8-18-13/h2-8H,9,16-17H2,1H3. The number of halogens is 1. The summed E-state index contributed by atoms with van der Waals surface area (Å²) in [6.45, 7) is -0.131. The molecular weight excluding hydrogens is 289 g/mol. The number of benzene rings is 1. The topological polar surface area (TPSA) is 97.7 Å². The fourth-order valence-corrected chi connectivity index (χ4v) is 1.77. The number of rotatable bonds is 4. The van der Waals surface area contributed by atoms with Crippen molar-refractivity contribution < 1.29 is 13.9 Å². The summed E-state index contributed by atoms with van der Waals surface area (Å²) in [5, 5.41) is 1.56. The van der Waals surface area contributed by atoms with Crippen LogP contribution in [0.3, 0.4) is 0 Å². The predicted molar refractivity (Wildman–Crippen MR) is 79.0 cm³/mol. The van der Waals surface area contributed by atoms with Gasteiger partial charge in [-0.25, -0.2) is 30.9 Å². The van der Waals surface area contributed by atoms with Crippen LogP contribution in [0.15, 0.2) is 42.6 Å². The van der Waals surface area contributed by atoms with Crippen molar-refractivity contribution in [1.82, 2.24) is 9.99 Å². The molecule has 0 unspecified atom stereocenters. The molecular formula is C14H16FN5O2. The lowest BCUT2D eigenvalue weighted by Gasteiger charge is -2.23. The molecule has 2 aromatic rings. The molecule has 7 nitrogen and oxygen atoms in total. The van der Waals surface area contributed by atoms with Crippen LogP contribution in [-0.2, 0) is 6.61 Å². The molecule has 0 aliphatic carbocycles. The Bertz CT molecular complexity index is 651. The van der Waals surface area contributed by atoms with Gasteiger partial charge in [0, 0.05) is 19.3 Å². The van der Waals surface area contributed by atoms with Crippen LogP contribution in [0.1, 0.15) is 5.56 Å². The molecule has 0 radical (unpaired) electrons. The van der Waals surface area contributed by atoms with Crippen molar-refractivity contribution in [3.8, 4) is 5.88 Å². The van der Waals surface area contributed by atoms with Crippen LogP contribution in [0, 0.1) is 5.82 Å². The molecule has 2 rings (SSSR count). The van der Waals surface area contributed by atoms with Crippen LogP contribution in [0.25, 0.3) is 0 Å². The first-order chi connectivity index (χ1) is 10.5. The van der Waals surface area contributed by atoms with Crippen molar-refractivity contribution in [2.24, 2.45) is 11.7 Å². The zero-order valence-corrected chi connectivity index (χ0v) is 11.9. The molecule has 116 valence electrons. The molecule has 0 bridgehead atoms. The number of ether oxygens (including phenoxy) is 1. The molecule has 1 heterocycles. The normalized spacial score (nSPS) is 10.2. The number of carbonyl (C=O) groups excluding carboxylic acids is 1. The zero-order valence-electron chi connectivity index (χ0n) is 11.9. The third-order valence-corrected chi connectivity index (χ3v) is 2.86. The Kier molecular flexibility index (Phi) is 4.87. The molecule has 4 N–H and O–H groups in total. The van der Waals surface area contributed by atoms with Gasteiger partial charge in [-0.2, -0.15) is 0 Å². The Labute approximate surface area is 126 Å². The summed E-state index contributed by atoms with van der Waals surface area (Å²) in [6, 6.07) is 8.63. The number of hydrogen-bond donors (Lipinski definition) is 2. The SMILES string of the molecule is CN(N)C(=O)N(N)c1cccc(F)c1COc1ccccn1. The first-order valence-corrected chi connectivity index (χ1v) is 6.39. The number of carbonyl (C=O) groups is 1. The molecule has 0 aliphatic rings. The Morgan fingerprint density at radius 3 is 2.68 bits per heavy atom. The summed E-state index contributed by atoms with van der Waals surface area (Å²) in [6.07, 6.45) is 1.56. The van der Waals surface area contributed by atoms with Gasteiger partial charge < -0.3 is 4.74 Å². The summed E-state index contributed by atoms with van der Waals surface area (Å²) in [4.78, 5) is 15.8. The number of nitrogens with zero attached hydrogens (tertiary/aromatic N) is 3. The lowest BCUT2D eigenvalue weighted by atomic mass is 10.1. The van der Waals surface area contributed by atoms with E-state index in [1.165, 1.54) is 25.2 Å². The van der Waals surface area contributed by atoms with E-state index in [-0.39, 0.29) is 17.9 Å². The molecule has 2 amide bonds. The van der Waals surface area contributed by atoms with Gasteiger partial charge in [0.25, 0.3) is 0 Å². The van der Waals surface area contributed by atoms with Gasteiger partial charge in [0.2, 0.25) is 5.88 Å². The van der Waals surface area contributed by atoms with Gasteiger partial charge in [-0.3, -0.25) is 5.01 Å². The number of hydrogen-bond acceptors (Lipinski definition) is 5. The number of anilines is 1. The molecule has 1 aromatic carbocycles. The van der Waals surface area contributed by atoms with Gasteiger partial charge in [0.05, 0.1) is 11.3 Å². The maximum atomic E-state index is 14.0. The third kappa shape index (κ3) is 3.48. The number of amides is 2. The van der Waals surface area contributed by atoms with Crippen LogP contribution >= 0.6 is 0 Å².